The number of carbonyl (C=O) groups is 1. The van der Waals surface area contributed by atoms with E-state index in [1.807, 2.05) is 48.1 Å². The number of rotatable bonds is 3. The van der Waals surface area contributed by atoms with Crippen molar-refractivity contribution in [3.8, 4) is 5.69 Å². The molecule has 25 heavy (non-hydrogen) atoms. The van der Waals surface area contributed by atoms with Gasteiger partial charge in [-0.2, -0.15) is 10.2 Å². The van der Waals surface area contributed by atoms with Gasteiger partial charge in [0.1, 0.15) is 11.6 Å². The monoisotopic (exact) mass is 337 g/mol. The molecule has 0 spiro atoms. The molecule has 0 aliphatic carbocycles. The quantitative estimate of drug-likeness (QED) is 0.768. The first-order valence-electron chi connectivity index (χ1n) is 8.28. The van der Waals surface area contributed by atoms with E-state index in [4.69, 9.17) is 0 Å². The van der Waals surface area contributed by atoms with Gasteiger partial charge in [-0.1, -0.05) is 6.07 Å². The Labute approximate surface area is 144 Å². The van der Waals surface area contributed by atoms with Crippen LogP contribution in [0.3, 0.4) is 0 Å². The Kier molecular flexibility index (Phi) is 3.93. The molecule has 1 atom stereocenters. The lowest BCUT2D eigenvalue weighted by Gasteiger charge is -2.23. The van der Waals surface area contributed by atoms with Gasteiger partial charge in [0.05, 0.1) is 11.7 Å². The highest BCUT2D eigenvalue weighted by molar-refractivity contribution is 5.89. The van der Waals surface area contributed by atoms with Crippen molar-refractivity contribution >= 4 is 11.7 Å². The number of nitrogens with one attached hydrogen (secondary N) is 2. The molecule has 1 aliphatic rings. The van der Waals surface area contributed by atoms with Gasteiger partial charge in [0, 0.05) is 24.6 Å². The average molecular weight is 337 g/mol. The van der Waals surface area contributed by atoms with E-state index < -0.39 is 0 Å². The summed E-state index contributed by atoms with van der Waals surface area (Å²) in [5.41, 5.74) is 1.59. The van der Waals surface area contributed by atoms with Crippen molar-refractivity contribution in [2.75, 3.05) is 5.32 Å². The molecule has 1 aliphatic heterocycles. The summed E-state index contributed by atoms with van der Waals surface area (Å²) in [6.07, 6.45) is 5.40. The number of anilines is 1. The van der Waals surface area contributed by atoms with Gasteiger partial charge in [-0.3, -0.25) is 0 Å². The lowest BCUT2D eigenvalue weighted by molar-refractivity contribution is 0.244. The number of urea groups is 1. The molecule has 1 unspecified atom stereocenters. The van der Waals surface area contributed by atoms with Crippen LogP contribution in [0.1, 0.15) is 30.5 Å². The van der Waals surface area contributed by atoms with Crippen molar-refractivity contribution in [2.24, 2.45) is 0 Å². The predicted octanol–water partition coefficient (Wildman–Crippen LogP) is 2.43. The van der Waals surface area contributed by atoms with Crippen LogP contribution in [0.4, 0.5) is 10.5 Å². The van der Waals surface area contributed by atoms with Crippen molar-refractivity contribution in [3.63, 3.8) is 0 Å². The first-order valence-corrected chi connectivity index (χ1v) is 8.28. The summed E-state index contributed by atoms with van der Waals surface area (Å²) in [5, 5.41) is 14.4. The topological polar surface area (TPSA) is 89.7 Å². The molecule has 128 valence electrons. The third-order valence-corrected chi connectivity index (χ3v) is 4.16. The molecular formula is C17H19N7O. The van der Waals surface area contributed by atoms with Gasteiger partial charge < -0.3 is 10.6 Å². The Hall–Kier alpha value is -3.16. The number of fused-ring (bicyclic) bond motifs is 1. The number of nitrogens with zero attached hydrogens (tertiary/aromatic N) is 5. The largest absolute Gasteiger partial charge is 0.328 e. The number of carbonyl (C=O) groups excluding carboxylic acids is 1. The lowest BCUT2D eigenvalue weighted by atomic mass is 10.1. The van der Waals surface area contributed by atoms with Crippen LogP contribution in [0.25, 0.3) is 5.69 Å². The molecule has 4 rings (SSSR count). The first kappa shape index (κ1) is 15.4. The van der Waals surface area contributed by atoms with Gasteiger partial charge in [0.2, 0.25) is 0 Å². The van der Waals surface area contributed by atoms with E-state index in [0.29, 0.717) is 5.69 Å². The molecule has 2 amide bonds. The highest BCUT2D eigenvalue weighted by Crippen LogP contribution is 2.23. The van der Waals surface area contributed by atoms with Crippen LogP contribution in [0, 0.1) is 6.92 Å². The summed E-state index contributed by atoms with van der Waals surface area (Å²) >= 11 is 0. The lowest BCUT2D eigenvalue weighted by Crippen LogP contribution is -2.36. The number of aryl methyl sites for hydroxylation is 2. The summed E-state index contributed by atoms with van der Waals surface area (Å²) in [5.74, 6) is 1.56. The fourth-order valence-electron chi connectivity index (χ4n) is 3.08. The second kappa shape index (κ2) is 6.39. The molecule has 8 nitrogen and oxygen atoms in total. The summed E-state index contributed by atoms with van der Waals surface area (Å²) < 4.78 is 3.62. The molecule has 2 aromatic heterocycles. The summed E-state index contributed by atoms with van der Waals surface area (Å²) in [6, 6.07) is 9.02. The van der Waals surface area contributed by atoms with E-state index in [1.54, 1.807) is 10.9 Å². The van der Waals surface area contributed by atoms with E-state index >= 15 is 0 Å². The van der Waals surface area contributed by atoms with E-state index in [9.17, 15) is 4.79 Å². The first-order chi connectivity index (χ1) is 12.2. The number of hydrogen-bond donors (Lipinski definition) is 2. The molecule has 2 N–H and O–H groups in total. The summed E-state index contributed by atoms with van der Waals surface area (Å²) in [6.45, 7) is 2.71. The molecule has 0 fully saturated rings. The highest BCUT2D eigenvalue weighted by Gasteiger charge is 2.25. The predicted molar refractivity (Wildman–Crippen MR) is 92.5 cm³/mol. The van der Waals surface area contributed by atoms with Crippen molar-refractivity contribution < 1.29 is 4.79 Å². The average Bonchev–Trinajstić information content (AvgIpc) is 3.24. The smallest absolute Gasteiger partial charge is 0.319 e. The standard InChI is InChI=1S/C17H19N7O/c1-12-19-16-15(7-3-9-24(16)22-12)21-17(25)20-13-5-2-6-14(11-13)23-10-4-8-18-23/h2,4-6,8,10-11,15H,3,7,9H2,1H3,(H2,20,21,25). The Morgan fingerprint density at radius 3 is 3.08 bits per heavy atom. The maximum atomic E-state index is 12.4. The maximum Gasteiger partial charge on any atom is 0.319 e. The third-order valence-electron chi connectivity index (χ3n) is 4.16. The maximum absolute atomic E-state index is 12.4. The van der Waals surface area contributed by atoms with E-state index in [0.717, 1.165) is 36.7 Å². The summed E-state index contributed by atoms with van der Waals surface area (Å²) in [7, 11) is 0. The van der Waals surface area contributed by atoms with Gasteiger partial charge in [0.15, 0.2) is 0 Å². The molecule has 0 saturated heterocycles. The van der Waals surface area contributed by atoms with Gasteiger partial charge in [-0.15, -0.1) is 0 Å². The Bertz CT molecular complexity index is 884. The zero-order chi connectivity index (χ0) is 17.2. The zero-order valence-electron chi connectivity index (χ0n) is 13.9. The van der Waals surface area contributed by atoms with Crippen LogP contribution in [0.15, 0.2) is 42.7 Å². The van der Waals surface area contributed by atoms with Crippen LogP contribution < -0.4 is 10.6 Å². The minimum absolute atomic E-state index is 0.121. The molecular weight excluding hydrogens is 318 g/mol. The van der Waals surface area contributed by atoms with Gasteiger partial charge in [-0.05, 0) is 44.0 Å². The van der Waals surface area contributed by atoms with Crippen LogP contribution >= 0.6 is 0 Å². The van der Waals surface area contributed by atoms with E-state index in [-0.39, 0.29) is 12.1 Å². The fourth-order valence-corrected chi connectivity index (χ4v) is 3.08. The van der Waals surface area contributed by atoms with Gasteiger partial charge in [0.25, 0.3) is 0 Å². The normalized spacial score (nSPS) is 16.3. The second-order valence-corrected chi connectivity index (χ2v) is 6.03. The van der Waals surface area contributed by atoms with Crippen LogP contribution in [0.2, 0.25) is 0 Å². The number of aromatic nitrogens is 5. The number of hydrogen-bond acceptors (Lipinski definition) is 4. The van der Waals surface area contributed by atoms with Crippen LogP contribution in [-0.2, 0) is 6.54 Å². The molecule has 1 aromatic carbocycles. The minimum Gasteiger partial charge on any atom is -0.328 e. The van der Waals surface area contributed by atoms with Crippen molar-refractivity contribution in [1.82, 2.24) is 29.9 Å². The molecule has 3 heterocycles. The number of benzene rings is 1. The molecule has 0 saturated carbocycles. The Balaban J connectivity index is 1.46. The van der Waals surface area contributed by atoms with E-state index in [2.05, 4.69) is 25.8 Å². The summed E-state index contributed by atoms with van der Waals surface area (Å²) in [4.78, 5) is 16.8. The van der Waals surface area contributed by atoms with Crippen molar-refractivity contribution in [1.29, 1.82) is 0 Å². The molecule has 8 heteroatoms. The third kappa shape index (κ3) is 3.23. The second-order valence-electron chi connectivity index (χ2n) is 6.03. The molecule has 0 bridgehead atoms. The van der Waals surface area contributed by atoms with Crippen LogP contribution in [-0.4, -0.2) is 30.6 Å². The Morgan fingerprint density at radius 1 is 1.32 bits per heavy atom. The van der Waals surface area contributed by atoms with Crippen molar-refractivity contribution in [2.45, 2.75) is 32.4 Å². The number of amides is 2. The van der Waals surface area contributed by atoms with Crippen LogP contribution in [0.5, 0.6) is 0 Å². The molecule has 0 radical (unpaired) electrons. The van der Waals surface area contributed by atoms with E-state index in [1.165, 1.54) is 0 Å². The van der Waals surface area contributed by atoms with Gasteiger partial charge >= 0.3 is 6.03 Å². The Morgan fingerprint density at radius 2 is 2.24 bits per heavy atom. The zero-order valence-corrected chi connectivity index (χ0v) is 13.9. The minimum atomic E-state index is -0.253. The van der Waals surface area contributed by atoms with Gasteiger partial charge in [-0.25, -0.2) is 19.1 Å². The SMILES string of the molecule is Cc1nc2n(n1)CCCC2NC(=O)Nc1cccc(-n2cccn2)c1. The highest BCUT2D eigenvalue weighted by atomic mass is 16.2. The fraction of sp³-hybridized carbons (Fsp3) is 0.294. The molecule has 3 aromatic rings. The van der Waals surface area contributed by atoms with Crippen molar-refractivity contribution in [3.05, 3.63) is 54.4 Å².